The Morgan fingerprint density at radius 3 is 2.83 bits per heavy atom. The van der Waals surface area contributed by atoms with Crippen LogP contribution < -0.4 is 4.90 Å². The van der Waals surface area contributed by atoms with Gasteiger partial charge >= 0.3 is 5.97 Å². The number of amides is 1. The number of aryl methyl sites for hydroxylation is 1. The van der Waals surface area contributed by atoms with Gasteiger partial charge in [-0.1, -0.05) is 28.1 Å². The molecule has 5 heteroatoms. The minimum Gasteiger partial charge on any atom is -0.478 e. The second-order valence-corrected chi connectivity index (χ2v) is 5.15. The summed E-state index contributed by atoms with van der Waals surface area (Å²) in [5.41, 5.74) is 1.41. The number of carboxylic acid groups (broad SMARTS) is 1. The Balaban J connectivity index is 2.43. The topological polar surface area (TPSA) is 57.6 Å². The molecule has 1 aromatic rings. The van der Waals surface area contributed by atoms with Crippen molar-refractivity contribution in [3.63, 3.8) is 0 Å². The van der Waals surface area contributed by atoms with Gasteiger partial charge in [-0.15, -0.1) is 0 Å². The summed E-state index contributed by atoms with van der Waals surface area (Å²) in [6, 6.07) is 5.23. The smallest absolute Gasteiger partial charge is 0.338 e. The van der Waals surface area contributed by atoms with Crippen LogP contribution in [0.1, 0.15) is 22.3 Å². The first-order valence-corrected chi connectivity index (χ1v) is 6.86. The summed E-state index contributed by atoms with van der Waals surface area (Å²) in [5.74, 6) is -0.745. The molecule has 0 bridgehead atoms. The van der Waals surface area contributed by atoms with E-state index < -0.39 is 5.97 Å². The van der Waals surface area contributed by atoms with E-state index in [0.29, 0.717) is 24.2 Å². The average molecular weight is 312 g/mol. The van der Waals surface area contributed by atoms with E-state index in [1.807, 2.05) is 0 Å². The summed E-state index contributed by atoms with van der Waals surface area (Å²) in [4.78, 5) is 24.8. The Morgan fingerprint density at radius 1 is 1.56 bits per heavy atom. The number of carbonyl (C=O) groups excluding carboxylic acids is 1. The summed E-state index contributed by atoms with van der Waals surface area (Å²) in [6.45, 7) is 2.32. The van der Waals surface area contributed by atoms with E-state index in [0.717, 1.165) is 5.33 Å². The second kappa shape index (κ2) is 5.10. The van der Waals surface area contributed by atoms with Gasteiger partial charge in [0, 0.05) is 18.3 Å². The molecule has 0 aliphatic carbocycles. The number of carbonyl (C=O) groups is 2. The van der Waals surface area contributed by atoms with Crippen molar-refractivity contribution < 1.29 is 14.7 Å². The molecule has 1 heterocycles. The lowest BCUT2D eigenvalue weighted by Gasteiger charge is -2.19. The summed E-state index contributed by atoms with van der Waals surface area (Å²) < 4.78 is 0. The number of carboxylic acids is 1. The molecule has 96 valence electrons. The zero-order chi connectivity index (χ0) is 13.3. The highest BCUT2D eigenvalue weighted by atomic mass is 79.9. The number of benzene rings is 1. The van der Waals surface area contributed by atoms with Gasteiger partial charge in [0.1, 0.15) is 0 Å². The summed E-state index contributed by atoms with van der Waals surface area (Å²) in [7, 11) is 0. The Bertz CT molecular complexity index is 501. The molecule has 4 nitrogen and oxygen atoms in total. The standard InChI is InChI=1S/C13H14BrNO3/c1-8-3-2-4-10(12(8)13(17)18)15-7-9(6-14)5-11(15)16/h2-4,9H,5-7H2,1H3,(H,17,18). The molecule has 0 saturated carbocycles. The predicted molar refractivity (Wildman–Crippen MR) is 72.4 cm³/mol. The molecule has 2 rings (SSSR count). The van der Waals surface area contributed by atoms with Crippen molar-refractivity contribution in [1.29, 1.82) is 0 Å². The van der Waals surface area contributed by atoms with Gasteiger partial charge in [-0.05, 0) is 24.5 Å². The van der Waals surface area contributed by atoms with Crippen molar-refractivity contribution in [3.05, 3.63) is 29.3 Å². The van der Waals surface area contributed by atoms with Gasteiger partial charge in [-0.2, -0.15) is 0 Å². The fourth-order valence-corrected chi connectivity index (χ4v) is 2.71. The predicted octanol–water partition coefficient (Wildman–Crippen LogP) is 2.44. The summed E-state index contributed by atoms with van der Waals surface area (Å²) in [6.07, 6.45) is 0.470. The van der Waals surface area contributed by atoms with E-state index in [-0.39, 0.29) is 17.4 Å². The average Bonchev–Trinajstić information content (AvgIpc) is 2.69. The van der Waals surface area contributed by atoms with E-state index in [9.17, 15) is 14.7 Å². The highest BCUT2D eigenvalue weighted by Gasteiger charge is 2.32. The zero-order valence-electron chi connectivity index (χ0n) is 10.0. The molecule has 1 fully saturated rings. The van der Waals surface area contributed by atoms with E-state index in [2.05, 4.69) is 15.9 Å². The van der Waals surface area contributed by atoms with Crippen molar-refractivity contribution in [1.82, 2.24) is 0 Å². The summed E-state index contributed by atoms with van der Waals surface area (Å²) in [5, 5.41) is 10.0. The Hall–Kier alpha value is -1.36. The number of nitrogens with zero attached hydrogens (tertiary/aromatic N) is 1. The third-order valence-electron chi connectivity index (χ3n) is 3.18. The van der Waals surface area contributed by atoms with Crippen molar-refractivity contribution in [2.75, 3.05) is 16.8 Å². The summed E-state index contributed by atoms with van der Waals surface area (Å²) >= 11 is 3.37. The van der Waals surface area contributed by atoms with E-state index in [4.69, 9.17) is 0 Å². The van der Waals surface area contributed by atoms with E-state index in [1.54, 1.807) is 30.0 Å². The largest absolute Gasteiger partial charge is 0.478 e. The molecule has 1 atom stereocenters. The quantitative estimate of drug-likeness (QED) is 0.872. The Morgan fingerprint density at radius 2 is 2.28 bits per heavy atom. The molecule has 1 N–H and O–H groups in total. The molecule has 1 unspecified atom stereocenters. The van der Waals surface area contributed by atoms with Gasteiger partial charge in [0.25, 0.3) is 0 Å². The first-order valence-electron chi connectivity index (χ1n) is 5.73. The van der Waals surface area contributed by atoms with E-state index in [1.165, 1.54) is 0 Å². The molecular formula is C13H14BrNO3. The van der Waals surface area contributed by atoms with Crippen LogP contribution in [0.15, 0.2) is 18.2 Å². The lowest BCUT2D eigenvalue weighted by Crippen LogP contribution is -2.27. The fourth-order valence-electron chi connectivity index (χ4n) is 2.27. The molecule has 18 heavy (non-hydrogen) atoms. The molecule has 1 saturated heterocycles. The third kappa shape index (κ3) is 2.27. The first kappa shape index (κ1) is 13.1. The maximum atomic E-state index is 11.9. The third-order valence-corrected chi connectivity index (χ3v) is 4.09. The number of aromatic carboxylic acids is 1. The van der Waals surface area contributed by atoms with E-state index >= 15 is 0 Å². The SMILES string of the molecule is Cc1cccc(N2CC(CBr)CC2=O)c1C(=O)O. The molecule has 0 aromatic heterocycles. The number of halogens is 1. The number of hydrogen-bond acceptors (Lipinski definition) is 2. The van der Waals surface area contributed by atoms with Gasteiger partial charge in [0.05, 0.1) is 11.3 Å². The molecule has 1 amide bonds. The Labute approximate surface area is 114 Å². The molecule has 0 radical (unpaired) electrons. The minimum absolute atomic E-state index is 0.00690. The van der Waals surface area contributed by atoms with Crippen LogP contribution in [-0.4, -0.2) is 28.9 Å². The minimum atomic E-state index is -0.988. The molecule has 1 aromatic carbocycles. The first-order chi connectivity index (χ1) is 8.54. The van der Waals surface area contributed by atoms with Crippen LogP contribution in [0.5, 0.6) is 0 Å². The fraction of sp³-hybridized carbons (Fsp3) is 0.385. The Kier molecular flexibility index (Phi) is 3.71. The normalized spacial score (nSPS) is 19.3. The van der Waals surface area contributed by atoms with Crippen LogP contribution in [0.2, 0.25) is 0 Å². The number of rotatable bonds is 3. The maximum absolute atomic E-state index is 11.9. The van der Waals surface area contributed by atoms with Gasteiger partial charge in [-0.25, -0.2) is 4.79 Å². The van der Waals surface area contributed by atoms with Gasteiger partial charge in [-0.3, -0.25) is 4.79 Å². The number of hydrogen-bond donors (Lipinski definition) is 1. The van der Waals surface area contributed by atoms with Crippen LogP contribution in [-0.2, 0) is 4.79 Å². The lowest BCUT2D eigenvalue weighted by molar-refractivity contribution is -0.117. The molecule has 1 aliphatic heterocycles. The van der Waals surface area contributed by atoms with Crippen molar-refractivity contribution in [3.8, 4) is 0 Å². The van der Waals surface area contributed by atoms with Gasteiger partial charge < -0.3 is 10.0 Å². The maximum Gasteiger partial charge on any atom is 0.338 e. The van der Waals surface area contributed by atoms with Gasteiger partial charge in [0.15, 0.2) is 0 Å². The number of anilines is 1. The van der Waals surface area contributed by atoms with Crippen molar-refractivity contribution in [2.45, 2.75) is 13.3 Å². The monoisotopic (exact) mass is 311 g/mol. The van der Waals surface area contributed by atoms with Crippen LogP contribution in [0.4, 0.5) is 5.69 Å². The van der Waals surface area contributed by atoms with Crippen LogP contribution in [0.3, 0.4) is 0 Å². The zero-order valence-corrected chi connectivity index (χ0v) is 11.6. The lowest BCUT2D eigenvalue weighted by atomic mass is 10.1. The van der Waals surface area contributed by atoms with Crippen molar-refractivity contribution in [2.24, 2.45) is 5.92 Å². The van der Waals surface area contributed by atoms with Crippen LogP contribution in [0, 0.1) is 12.8 Å². The van der Waals surface area contributed by atoms with Crippen LogP contribution in [0.25, 0.3) is 0 Å². The second-order valence-electron chi connectivity index (χ2n) is 4.50. The van der Waals surface area contributed by atoms with Crippen LogP contribution >= 0.6 is 15.9 Å². The molecular weight excluding hydrogens is 298 g/mol. The number of alkyl halides is 1. The van der Waals surface area contributed by atoms with Crippen molar-refractivity contribution >= 4 is 33.5 Å². The highest BCUT2D eigenvalue weighted by molar-refractivity contribution is 9.09. The molecule has 1 aliphatic rings. The molecule has 0 spiro atoms. The van der Waals surface area contributed by atoms with Gasteiger partial charge in [0.2, 0.25) is 5.91 Å². The highest BCUT2D eigenvalue weighted by Crippen LogP contribution is 2.30.